The summed E-state index contributed by atoms with van der Waals surface area (Å²) >= 11 is 0. The summed E-state index contributed by atoms with van der Waals surface area (Å²) in [7, 11) is 0. The molecule has 12 heteroatoms. The van der Waals surface area contributed by atoms with Crippen molar-refractivity contribution >= 4 is 11.7 Å². The summed E-state index contributed by atoms with van der Waals surface area (Å²) in [5.41, 5.74) is -1.29. The molecule has 4 rings (SSSR count). The van der Waals surface area contributed by atoms with Gasteiger partial charge in [-0.15, -0.1) is 10.2 Å². The number of rotatable bonds is 11. The summed E-state index contributed by atoms with van der Waals surface area (Å²) in [6.45, 7) is 3.69. The first kappa shape index (κ1) is 29.7. The Labute approximate surface area is 233 Å². The number of unbranched alkanes of at least 4 members (excludes halogenated alkanes) is 1. The molecule has 0 fully saturated rings. The highest BCUT2D eigenvalue weighted by Crippen LogP contribution is 2.39. The number of ether oxygens (including phenoxy) is 1. The van der Waals surface area contributed by atoms with E-state index < -0.39 is 29.1 Å². The van der Waals surface area contributed by atoms with Crippen LogP contribution in [-0.4, -0.2) is 43.4 Å². The first-order valence-electron chi connectivity index (χ1n) is 12.9. The van der Waals surface area contributed by atoms with Gasteiger partial charge in [-0.1, -0.05) is 18.2 Å². The van der Waals surface area contributed by atoms with E-state index in [9.17, 15) is 27.5 Å². The van der Waals surface area contributed by atoms with Crippen LogP contribution < -0.4 is 10.1 Å². The van der Waals surface area contributed by atoms with Crippen LogP contribution >= 0.6 is 0 Å². The molecule has 0 aliphatic heterocycles. The molecule has 0 bridgehead atoms. The van der Waals surface area contributed by atoms with Crippen LogP contribution in [0.25, 0.3) is 11.1 Å². The first-order valence-corrected chi connectivity index (χ1v) is 12.9. The van der Waals surface area contributed by atoms with E-state index in [1.165, 1.54) is 36.5 Å². The van der Waals surface area contributed by atoms with Crippen molar-refractivity contribution in [3.05, 3.63) is 89.4 Å². The third-order valence-electron chi connectivity index (χ3n) is 6.12. The van der Waals surface area contributed by atoms with Gasteiger partial charge >= 0.3 is 6.18 Å². The fourth-order valence-corrected chi connectivity index (χ4v) is 4.09. The minimum absolute atomic E-state index is 0.00869. The van der Waals surface area contributed by atoms with Crippen LogP contribution in [0.1, 0.15) is 60.7 Å². The maximum absolute atomic E-state index is 13.9. The number of carbonyl (C=O) groups excluding carboxylic acids is 1. The van der Waals surface area contributed by atoms with Gasteiger partial charge in [-0.05, 0) is 86.2 Å². The standard InChI is InChI=1S/C29H29F4N5O3/c1-28(2,40)12-5-6-14-41-20-9-10-22(29(31,32)33)21(17-20)18-11-13-34-24(15-18)36-27(39)26-35-25(37-38-26)16-19-7-3-4-8-23(19)30/h3-4,7-11,13,15,17,40H,5-6,12,14,16H2,1-2H3,(H,34,36,39)(H,35,37,38). The molecule has 0 spiro atoms. The van der Waals surface area contributed by atoms with E-state index in [-0.39, 0.29) is 47.4 Å². The van der Waals surface area contributed by atoms with E-state index in [1.807, 2.05) is 0 Å². The topological polar surface area (TPSA) is 113 Å². The Morgan fingerprint density at radius 1 is 1.05 bits per heavy atom. The van der Waals surface area contributed by atoms with Crippen molar-refractivity contribution in [2.24, 2.45) is 0 Å². The largest absolute Gasteiger partial charge is 0.494 e. The van der Waals surface area contributed by atoms with Gasteiger partial charge in [0.1, 0.15) is 23.2 Å². The number of hydrogen-bond donors (Lipinski definition) is 3. The number of H-pyrrole nitrogens is 1. The smallest absolute Gasteiger partial charge is 0.417 e. The van der Waals surface area contributed by atoms with Crippen LogP contribution in [0.3, 0.4) is 0 Å². The van der Waals surface area contributed by atoms with Crippen molar-refractivity contribution in [1.29, 1.82) is 0 Å². The Morgan fingerprint density at radius 2 is 1.83 bits per heavy atom. The van der Waals surface area contributed by atoms with Crippen LogP contribution in [-0.2, 0) is 12.6 Å². The van der Waals surface area contributed by atoms with E-state index >= 15 is 0 Å². The second-order valence-corrected chi connectivity index (χ2v) is 10.1. The maximum atomic E-state index is 13.9. The summed E-state index contributed by atoms with van der Waals surface area (Å²) in [5.74, 6) is -0.808. The highest BCUT2D eigenvalue weighted by molar-refractivity contribution is 6.01. The lowest BCUT2D eigenvalue weighted by Gasteiger charge is -2.17. The number of amides is 1. The zero-order valence-corrected chi connectivity index (χ0v) is 22.4. The molecular formula is C29H29F4N5O3. The molecule has 2 aromatic carbocycles. The highest BCUT2D eigenvalue weighted by atomic mass is 19.4. The number of aromatic nitrogens is 4. The van der Waals surface area contributed by atoms with Crippen molar-refractivity contribution in [3.8, 4) is 16.9 Å². The number of nitrogens with zero attached hydrogens (tertiary/aromatic N) is 3. The van der Waals surface area contributed by atoms with Crippen LogP contribution in [0.15, 0.2) is 60.8 Å². The van der Waals surface area contributed by atoms with Crippen LogP contribution in [0.4, 0.5) is 23.4 Å². The van der Waals surface area contributed by atoms with Crippen molar-refractivity contribution in [2.75, 3.05) is 11.9 Å². The zero-order chi connectivity index (χ0) is 29.6. The fraction of sp³-hybridized carbons (Fsp3) is 0.310. The van der Waals surface area contributed by atoms with Gasteiger partial charge in [0.05, 0.1) is 17.8 Å². The molecule has 0 radical (unpaired) electrons. The normalized spacial score (nSPS) is 11.9. The van der Waals surface area contributed by atoms with Crippen LogP contribution in [0.2, 0.25) is 0 Å². The molecule has 0 saturated carbocycles. The van der Waals surface area contributed by atoms with Gasteiger partial charge in [-0.2, -0.15) is 13.2 Å². The number of aromatic amines is 1. The molecule has 41 heavy (non-hydrogen) atoms. The first-order chi connectivity index (χ1) is 19.4. The lowest BCUT2D eigenvalue weighted by molar-refractivity contribution is -0.137. The summed E-state index contributed by atoms with van der Waals surface area (Å²) in [5, 5.41) is 20.0. The Hall–Kier alpha value is -4.32. The molecule has 8 nitrogen and oxygen atoms in total. The van der Waals surface area contributed by atoms with E-state index in [0.29, 0.717) is 24.8 Å². The predicted molar refractivity (Wildman–Crippen MR) is 144 cm³/mol. The minimum Gasteiger partial charge on any atom is -0.494 e. The minimum atomic E-state index is -4.64. The lowest BCUT2D eigenvalue weighted by Crippen LogP contribution is -2.18. The summed E-state index contributed by atoms with van der Waals surface area (Å²) in [4.78, 5) is 19.5. The molecule has 0 aliphatic carbocycles. The molecule has 0 unspecified atom stereocenters. The number of nitrogens with one attached hydrogen (secondary N) is 2. The number of aliphatic hydroxyl groups is 1. The monoisotopic (exact) mass is 571 g/mol. The SMILES string of the molecule is CC(C)(O)CCCCOc1ccc(C(F)(F)F)c(-c2ccnc(NC(=O)c3nnc(Cc4ccccc4F)[nH]3)c2)c1. The number of alkyl halides is 3. The van der Waals surface area contributed by atoms with E-state index in [1.54, 1.807) is 32.0 Å². The number of hydrogen-bond acceptors (Lipinski definition) is 6. The quantitative estimate of drug-likeness (QED) is 0.146. The second-order valence-electron chi connectivity index (χ2n) is 10.1. The van der Waals surface area contributed by atoms with Gasteiger partial charge in [-0.3, -0.25) is 4.79 Å². The molecule has 3 N–H and O–H groups in total. The average molecular weight is 572 g/mol. The number of benzene rings is 2. The highest BCUT2D eigenvalue weighted by Gasteiger charge is 2.34. The Kier molecular flexibility index (Phi) is 9.01. The van der Waals surface area contributed by atoms with Crippen LogP contribution in [0, 0.1) is 5.82 Å². The van der Waals surface area contributed by atoms with Crippen LogP contribution in [0.5, 0.6) is 5.75 Å². The summed E-state index contributed by atoms with van der Waals surface area (Å²) in [6, 6.07) is 12.3. The second kappa shape index (κ2) is 12.5. The molecule has 0 saturated heterocycles. The van der Waals surface area contributed by atoms with E-state index in [4.69, 9.17) is 4.74 Å². The van der Waals surface area contributed by atoms with Crippen molar-refractivity contribution in [3.63, 3.8) is 0 Å². The maximum Gasteiger partial charge on any atom is 0.417 e. The van der Waals surface area contributed by atoms with Gasteiger partial charge in [0.2, 0.25) is 5.82 Å². The lowest BCUT2D eigenvalue weighted by atomic mass is 9.99. The van der Waals surface area contributed by atoms with Gasteiger partial charge in [0.15, 0.2) is 0 Å². The molecule has 1 amide bonds. The number of halogens is 4. The zero-order valence-electron chi connectivity index (χ0n) is 22.4. The van der Waals surface area contributed by atoms with Gasteiger partial charge in [0.25, 0.3) is 5.91 Å². The molecular weight excluding hydrogens is 542 g/mol. The van der Waals surface area contributed by atoms with E-state index in [2.05, 4.69) is 25.5 Å². The molecule has 2 heterocycles. The van der Waals surface area contributed by atoms with Gasteiger partial charge in [-0.25, -0.2) is 9.37 Å². The summed E-state index contributed by atoms with van der Waals surface area (Å²) in [6.07, 6.45) is -1.39. The number of carbonyl (C=O) groups is 1. The average Bonchev–Trinajstić information content (AvgIpc) is 3.37. The Morgan fingerprint density at radius 3 is 2.56 bits per heavy atom. The predicted octanol–water partition coefficient (Wildman–Crippen LogP) is 6.19. The Balaban J connectivity index is 1.48. The summed E-state index contributed by atoms with van der Waals surface area (Å²) < 4.78 is 61.2. The number of anilines is 1. The molecule has 4 aromatic rings. The van der Waals surface area contributed by atoms with Crippen molar-refractivity contribution < 1.29 is 32.2 Å². The third-order valence-corrected chi connectivity index (χ3v) is 6.12. The van der Waals surface area contributed by atoms with Gasteiger partial charge in [0, 0.05) is 12.6 Å². The number of pyridine rings is 1. The van der Waals surface area contributed by atoms with E-state index in [0.717, 1.165) is 6.07 Å². The van der Waals surface area contributed by atoms with Crippen molar-refractivity contribution in [1.82, 2.24) is 20.2 Å². The fourth-order valence-electron chi connectivity index (χ4n) is 4.09. The van der Waals surface area contributed by atoms with Gasteiger partial charge < -0.3 is 20.1 Å². The van der Waals surface area contributed by atoms with Crippen molar-refractivity contribution in [2.45, 2.75) is 51.3 Å². The molecule has 0 atom stereocenters. The molecule has 216 valence electrons. The third kappa shape index (κ3) is 8.34. The molecule has 2 aromatic heterocycles. The Bertz CT molecular complexity index is 1500. The molecule has 0 aliphatic rings.